The fraction of sp³-hybridized carbons (Fsp3) is 0.538. The maximum atomic E-state index is 5.83. The van der Waals surface area contributed by atoms with Crippen LogP contribution in [0.4, 0.5) is 0 Å². The molecule has 2 nitrogen and oxygen atoms in total. The van der Waals surface area contributed by atoms with Crippen LogP contribution in [0.25, 0.3) is 0 Å². The third-order valence-corrected chi connectivity index (χ3v) is 3.19. The highest BCUT2D eigenvalue weighted by Crippen LogP contribution is 2.24. The van der Waals surface area contributed by atoms with Gasteiger partial charge in [-0.2, -0.15) is 0 Å². The molecular formula is C13H19NO. The smallest absolute Gasteiger partial charge is 0.0698 e. The first kappa shape index (κ1) is 10.7. The summed E-state index contributed by atoms with van der Waals surface area (Å²) in [5.41, 5.74) is 1.28. The van der Waals surface area contributed by atoms with Crippen LogP contribution in [0, 0.1) is 0 Å². The molecule has 1 saturated heterocycles. The average molecular weight is 205 g/mol. The molecule has 0 bridgehead atoms. The van der Waals surface area contributed by atoms with Crippen LogP contribution in [0.15, 0.2) is 30.3 Å². The van der Waals surface area contributed by atoms with Crippen LogP contribution in [-0.4, -0.2) is 19.3 Å². The predicted octanol–water partition coefficient (Wildman–Crippen LogP) is 2.30. The molecule has 15 heavy (non-hydrogen) atoms. The van der Waals surface area contributed by atoms with Crippen LogP contribution in [0.2, 0.25) is 0 Å². The van der Waals surface area contributed by atoms with Gasteiger partial charge in [0.05, 0.1) is 18.2 Å². The fourth-order valence-electron chi connectivity index (χ4n) is 1.99. The van der Waals surface area contributed by atoms with Crippen LogP contribution < -0.4 is 5.32 Å². The Kier molecular flexibility index (Phi) is 3.08. The highest BCUT2D eigenvalue weighted by molar-refractivity contribution is 5.24. The summed E-state index contributed by atoms with van der Waals surface area (Å²) in [6, 6.07) is 10.5. The van der Waals surface area contributed by atoms with E-state index in [4.69, 9.17) is 4.74 Å². The van der Waals surface area contributed by atoms with Crippen molar-refractivity contribution >= 4 is 0 Å². The van der Waals surface area contributed by atoms with E-state index in [0.29, 0.717) is 6.10 Å². The van der Waals surface area contributed by atoms with E-state index in [1.165, 1.54) is 5.56 Å². The molecule has 1 aromatic carbocycles. The van der Waals surface area contributed by atoms with Crippen molar-refractivity contribution in [3.05, 3.63) is 35.9 Å². The molecule has 1 aliphatic rings. The zero-order valence-electron chi connectivity index (χ0n) is 9.49. The minimum absolute atomic E-state index is 0.0209. The summed E-state index contributed by atoms with van der Waals surface area (Å²) in [5, 5.41) is 3.59. The van der Waals surface area contributed by atoms with Gasteiger partial charge in [0.25, 0.3) is 0 Å². The minimum Gasteiger partial charge on any atom is -0.375 e. The molecule has 1 aromatic rings. The molecule has 2 heteroatoms. The molecule has 0 amide bonds. The Morgan fingerprint density at radius 2 is 2.13 bits per heavy atom. The van der Waals surface area contributed by atoms with Crippen molar-refractivity contribution in [2.75, 3.05) is 13.2 Å². The van der Waals surface area contributed by atoms with E-state index in [-0.39, 0.29) is 5.54 Å². The Labute approximate surface area is 91.6 Å². The van der Waals surface area contributed by atoms with E-state index < -0.39 is 0 Å². The van der Waals surface area contributed by atoms with E-state index in [9.17, 15) is 0 Å². The SMILES string of the molecule is CCC1CNC(C)(c2ccccc2)CO1. The van der Waals surface area contributed by atoms with Gasteiger partial charge in [-0.15, -0.1) is 0 Å². The Morgan fingerprint density at radius 3 is 2.67 bits per heavy atom. The predicted molar refractivity (Wildman–Crippen MR) is 61.8 cm³/mol. The molecule has 1 fully saturated rings. The topological polar surface area (TPSA) is 21.3 Å². The summed E-state index contributed by atoms with van der Waals surface area (Å²) < 4.78 is 5.83. The second-order valence-electron chi connectivity index (χ2n) is 4.42. The minimum atomic E-state index is -0.0209. The lowest BCUT2D eigenvalue weighted by molar-refractivity contribution is -0.0303. The Morgan fingerprint density at radius 1 is 1.40 bits per heavy atom. The molecule has 1 heterocycles. The molecule has 0 aliphatic carbocycles. The molecule has 0 radical (unpaired) electrons. The van der Waals surface area contributed by atoms with Crippen molar-refractivity contribution in [2.24, 2.45) is 0 Å². The third-order valence-electron chi connectivity index (χ3n) is 3.19. The summed E-state index contributed by atoms with van der Waals surface area (Å²) in [4.78, 5) is 0. The molecule has 2 rings (SSSR count). The molecule has 1 aliphatic heterocycles. The van der Waals surface area contributed by atoms with E-state index in [0.717, 1.165) is 19.6 Å². The standard InChI is InChI=1S/C13H19NO/c1-3-12-9-14-13(2,10-15-12)11-7-5-4-6-8-11/h4-8,12,14H,3,9-10H2,1-2H3. The summed E-state index contributed by atoms with van der Waals surface area (Å²) >= 11 is 0. The lowest BCUT2D eigenvalue weighted by Crippen LogP contribution is -2.52. The van der Waals surface area contributed by atoms with Gasteiger partial charge in [0, 0.05) is 6.54 Å². The van der Waals surface area contributed by atoms with Crippen LogP contribution in [0.1, 0.15) is 25.8 Å². The van der Waals surface area contributed by atoms with Crippen molar-refractivity contribution in [3.63, 3.8) is 0 Å². The van der Waals surface area contributed by atoms with Crippen LogP contribution in [0.5, 0.6) is 0 Å². The van der Waals surface area contributed by atoms with E-state index in [1.54, 1.807) is 0 Å². The monoisotopic (exact) mass is 205 g/mol. The first-order valence-electron chi connectivity index (χ1n) is 5.67. The van der Waals surface area contributed by atoms with Crippen molar-refractivity contribution in [2.45, 2.75) is 31.9 Å². The number of morpholine rings is 1. The maximum absolute atomic E-state index is 5.83. The third kappa shape index (κ3) is 2.21. The van der Waals surface area contributed by atoms with E-state index in [2.05, 4.69) is 43.4 Å². The molecule has 2 unspecified atom stereocenters. The van der Waals surface area contributed by atoms with Crippen LogP contribution in [-0.2, 0) is 10.3 Å². The van der Waals surface area contributed by atoms with Crippen molar-refractivity contribution in [1.29, 1.82) is 0 Å². The van der Waals surface area contributed by atoms with Crippen molar-refractivity contribution in [1.82, 2.24) is 5.32 Å². The lowest BCUT2D eigenvalue weighted by atomic mass is 9.91. The maximum Gasteiger partial charge on any atom is 0.0698 e. The molecule has 0 spiro atoms. The van der Waals surface area contributed by atoms with Gasteiger partial charge < -0.3 is 10.1 Å². The number of ether oxygens (including phenoxy) is 1. The molecule has 0 saturated carbocycles. The number of benzene rings is 1. The van der Waals surface area contributed by atoms with Gasteiger partial charge in [-0.25, -0.2) is 0 Å². The molecular weight excluding hydrogens is 186 g/mol. The normalized spacial score (nSPS) is 31.5. The number of rotatable bonds is 2. The van der Waals surface area contributed by atoms with Gasteiger partial charge in [0.15, 0.2) is 0 Å². The Hall–Kier alpha value is -0.860. The highest BCUT2D eigenvalue weighted by Gasteiger charge is 2.31. The fourth-order valence-corrected chi connectivity index (χ4v) is 1.99. The van der Waals surface area contributed by atoms with Gasteiger partial charge >= 0.3 is 0 Å². The van der Waals surface area contributed by atoms with Gasteiger partial charge in [-0.3, -0.25) is 0 Å². The Bertz CT molecular complexity index is 302. The molecule has 1 N–H and O–H groups in total. The van der Waals surface area contributed by atoms with Crippen molar-refractivity contribution in [3.8, 4) is 0 Å². The number of hydrogen-bond acceptors (Lipinski definition) is 2. The van der Waals surface area contributed by atoms with Crippen LogP contribution in [0.3, 0.4) is 0 Å². The first-order valence-corrected chi connectivity index (χ1v) is 5.67. The highest BCUT2D eigenvalue weighted by atomic mass is 16.5. The zero-order chi connectivity index (χ0) is 10.7. The van der Waals surface area contributed by atoms with Gasteiger partial charge in [0.2, 0.25) is 0 Å². The van der Waals surface area contributed by atoms with E-state index in [1.807, 2.05) is 6.07 Å². The van der Waals surface area contributed by atoms with Crippen LogP contribution >= 0.6 is 0 Å². The van der Waals surface area contributed by atoms with Gasteiger partial charge in [0.1, 0.15) is 0 Å². The average Bonchev–Trinajstić information content (AvgIpc) is 2.31. The van der Waals surface area contributed by atoms with Gasteiger partial charge in [-0.1, -0.05) is 37.3 Å². The Balaban J connectivity index is 2.10. The lowest BCUT2D eigenvalue weighted by Gasteiger charge is -2.38. The molecule has 0 aromatic heterocycles. The summed E-state index contributed by atoms with van der Waals surface area (Å²) in [5.74, 6) is 0. The molecule has 82 valence electrons. The second kappa shape index (κ2) is 4.33. The largest absolute Gasteiger partial charge is 0.375 e. The quantitative estimate of drug-likeness (QED) is 0.800. The summed E-state index contributed by atoms with van der Waals surface area (Å²) in [6.07, 6.45) is 1.46. The molecule has 2 atom stereocenters. The van der Waals surface area contributed by atoms with Crippen molar-refractivity contribution < 1.29 is 4.74 Å². The number of nitrogens with one attached hydrogen (secondary N) is 1. The summed E-state index contributed by atoms with van der Waals surface area (Å²) in [6.45, 7) is 6.07. The first-order chi connectivity index (χ1) is 7.24. The zero-order valence-corrected chi connectivity index (χ0v) is 9.49. The van der Waals surface area contributed by atoms with E-state index >= 15 is 0 Å². The second-order valence-corrected chi connectivity index (χ2v) is 4.42. The van der Waals surface area contributed by atoms with Gasteiger partial charge in [-0.05, 0) is 18.9 Å². The summed E-state index contributed by atoms with van der Waals surface area (Å²) in [7, 11) is 0. The number of hydrogen-bond donors (Lipinski definition) is 1.